The monoisotopic (exact) mass is 281 g/mol. The molecule has 0 atom stereocenters. The normalized spacial score (nSPS) is 18.2. The van der Waals surface area contributed by atoms with E-state index in [0.29, 0.717) is 24.1 Å². The highest BCUT2D eigenvalue weighted by molar-refractivity contribution is 5.76. The van der Waals surface area contributed by atoms with Gasteiger partial charge in [-0.25, -0.2) is 5.53 Å². The highest BCUT2D eigenvalue weighted by Crippen LogP contribution is 2.22. The van der Waals surface area contributed by atoms with Crippen LogP contribution >= 0.6 is 0 Å². The fourth-order valence-electron chi connectivity index (χ4n) is 2.51. The van der Waals surface area contributed by atoms with Crippen LogP contribution < -0.4 is 11.1 Å². The van der Waals surface area contributed by atoms with Gasteiger partial charge in [0, 0.05) is 18.7 Å². The number of nitrogens with zero attached hydrogens (tertiary/aromatic N) is 2. The first-order valence-corrected chi connectivity index (χ1v) is 7.35. The number of likely N-dealkylation sites (tertiary alicyclic amines) is 1. The van der Waals surface area contributed by atoms with Crippen LogP contribution in [0.1, 0.15) is 39.5 Å². The average molecular weight is 281 g/mol. The Balaban J connectivity index is 2.18. The maximum absolute atomic E-state index is 11.7. The summed E-state index contributed by atoms with van der Waals surface area (Å²) in [5.74, 6) is 0.667. The minimum Gasteiger partial charge on any atom is -0.403 e. The second kappa shape index (κ2) is 8.68. The Labute approximate surface area is 121 Å². The molecule has 0 aromatic carbocycles. The predicted molar refractivity (Wildman–Crippen MR) is 79.1 cm³/mol. The minimum absolute atomic E-state index is 0.0132. The summed E-state index contributed by atoms with van der Waals surface area (Å²) in [5.41, 5.74) is 12.5. The van der Waals surface area contributed by atoms with E-state index in [1.807, 2.05) is 0 Å². The zero-order valence-electron chi connectivity index (χ0n) is 12.6. The topological polar surface area (TPSA) is 94.6 Å². The van der Waals surface area contributed by atoms with E-state index in [9.17, 15) is 4.79 Å². The van der Waals surface area contributed by atoms with Crippen LogP contribution in [0.5, 0.6) is 0 Å². The largest absolute Gasteiger partial charge is 0.403 e. The van der Waals surface area contributed by atoms with E-state index in [2.05, 4.69) is 29.2 Å². The Bertz CT molecular complexity index is 345. The Hall–Kier alpha value is -1.43. The molecule has 0 aromatic heterocycles. The maximum atomic E-state index is 11.7. The third kappa shape index (κ3) is 5.69. The zero-order valence-corrected chi connectivity index (χ0v) is 12.6. The van der Waals surface area contributed by atoms with Crippen LogP contribution in [-0.4, -0.2) is 36.5 Å². The molecular weight excluding hydrogens is 254 g/mol. The molecule has 0 aromatic rings. The Morgan fingerprint density at radius 1 is 1.50 bits per heavy atom. The summed E-state index contributed by atoms with van der Waals surface area (Å²) in [7, 11) is 0. The molecule has 1 rings (SSSR count). The predicted octanol–water partition coefficient (Wildman–Crippen LogP) is 1.83. The molecule has 0 saturated carbocycles. The van der Waals surface area contributed by atoms with Gasteiger partial charge >= 0.3 is 0 Å². The van der Waals surface area contributed by atoms with Crippen molar-refractivity contribution in [2.75, 3.05) is 19.6 Å². The van der Waals surface area contributed by atoms with Crippen molar-refractivity contribution in [1.29, 1.82) is 5.53 Å². The number of carbonyl (C=O) groups is 1. The SMILES string of the molecule is CC(C)N1CCC(CCC(=O)NC/C(=C/N)N=N)CC1. The third-order valence-corrected chi connectivity index (χ3v) is 3.96. The zero-order chi connectivity index (χ0) is 15.0. The number of nitrogens with one attached hydrogen (secondary N) is 2. The van der Waals surface area contributed by atoms with Crippen LogP contribution in [0.3, 0.4) is 0 Å². The third-order valence-electron chi connectivity index (χ3n) is 3.96. The van der Waals surface area contributed by atoms with E-state index in [4.69, 9.17) is 11.3 Å². The van der Waals surface area contributed by atoms with Crippen molar-refractivity contribution in [3.05, 3.63) is 11.9 Å². The van der Waals surface area contributed by atoms with Gasteiger partial charge in [0.25, 0.3) is 0 Å². The molecule has 4 N–H and O–H groups in total. The van der Waals surface area contributed by atoms with E-state index >= 15 is 0 Å². The molecule has 1 amide bonds. The van der Waals surface area contributed by atoms with Crippen molar-refractivity contribution >= 4 is 5.91 Å². The number of carbonyl (C=O) groups excluding carboxylic acids is 1. The maximum Gasteiger partial charge on any atom is 0.220 e. The molecule has 0 radical (unpaired) electrons. The highest BCUT2D eigenvalue weighted by atomic mass is 16.1. The fraction of sp³-hybridized carbons (Fsp3) is 0.786. The number of rotatable bonds is 7. The summed E-state index contributed by atoms with van der Waals surface area (Å²) >= 11 is 0. The van der Waals surface area contributed by atoms with Gasteiger partial charge in [0.15, 0.2) is 0 Å². The van der Waals surface area contributed by atoms with Crippen molar-refractivity contribution < 1.29 is 4.79 Å². The summed E-state index contributed by atoms with van der Waals surface area (Å²) in [6, 6.07) is 0.620. The van der Waals surface area contributed by atoms with Gasteiger partial charge in [-0.1, -0.05) is 0 Å². The van der Waals surface area contributed by atoms with Crippen LogP contribution in [0.25, 0.3) is 0 Å². The molecule has 1 fully saturated rings. The van der Waals surface area contributed by atoms with Crippen molar-refractivity contribution in [3.8, 4) is 0 Å². The Morgan fingerprint density at radius 3 is 2.65 bits per heavy atom. The van der Waals surface area contributed by atoms with Gasteiger partial charge in [0.05, 0.1) is 12.2 Å². The summed E-state index contributed by atoms with van der Waals surface area (Å²) in [4.78, 5) is 14.2. The first-order valence-electron chi connectivity index (χ1n) is 7.35. The molecule has 6 nitrogen and oxygen atoms in total. The molecular formula is C14H27N5O. The van der Waals surface area contributed by atoms with Gasteiger partial charge in [-0.3, -0.25) is 4.79 Å². The number of hydrogen-bond donors (Lipinski definition) is 3. The number of hydrogen-bond acceptors (Lipinski definition) is 5. The lowest BCUT2D eigenvalue weighted by Crippen LogP contribution is -2.38. The summed E-state index contributed by atoms with van der Waals surface area (Å²) in [6.07, 6.45) is 5.09. The van der Waals surface area contributed by atoms with Crippen molar-refractivity contribution in [1.82, 2.24) is 10.2 Å². The first-order chi connectivity index (χ1) is 9.56. The highest BCUT2D eigenvalue weighted by Gasteiger charge is 2.21. The van der Waals surface area contributed by atoms with E-state index < -0.39 is 0 Å². The Kier molecular flexibility index (Phi) is 7.22. The first kappa shape index (κ1) is 16.6. The number of piperidine rings is 1. The molecule has 1 aliphatic rings. The van der Waals surface area contributed by atoms with E-state index in [1.165, 1.54) is 19.0 Å². The Morgan fingerprint density at radius 2 is 2.15 bits per heavy atom. The quantitative estimate of drug-likeness (QED) is 0.621. The number of amides is 1. The van der Waals surface area contributed by atoms with Gasteiger partial charge < -0.3 is 16.0 Å². The lowest BCUT2D eigenvalue weighted by molar-refractivity contribution is -0.121. The van der Waals surface area contributed by atoms with Gasteiger partial charge in [0.2, 0.25) is 5.91 Å². The van der Waals surface area contributed by atoms with Crippen LogP contribution in [0.2, 0.25) is 0 Å². The lowest BCUT2D eigenvalue weighted by atomic mass is 9.91. The molecule has 6 heteroatoms. The molecule has 0 spiro atoms. The fourth-order valence-corrected chi connectivity index (χ4v) is 2.51. The smallest absolute Gasteiger partial charge is 0.220 e. The number of nitrogens with two attached hydrogens (primary N) is 1. The van der Waals surface area contributed by atoms with Crippen molar-refractivity contribution in [2.24, 2.45) is 16.8 Å². The molecule has 1 heterocycles. The average Bonchev–Trinajstić information content (AvgIpc) is 2.46. The molecule has 0 unspecified atom stereocenters. The molecule has 0 bridgehead atoms. The van der Waals surface area contributed by atoms with Gasteiger partial charge in [0.1, 0.15) is 0 Å². The van der Waals surface area contributed by atoms with E-state index in [1.54, 1.807) is 0 Å². The van der Waals surface area contributed by atoms with E-state index in [0.717, 1.165) is 19.5 Å². The molecule has 1 saturated heterocycles. The van der Waals surface area contributed by atoms with Crippen molar-refractivity contribution in [2.45, 2.75) is 45.6 Å². The van der Waals surface area contributed by atoms with Crippen LogP contribution in [0, 0.1) is 11.4 Å². The van der Waals surface area contributed by atoms with E-state index in [-0.39, 0.29) is 12.5 Å². The second-order valence-corrected chi connectivity index (χ2v) is 5.66. The molecule has 20 heavy (non-hydrogen) atoms. The van der Waals surface area contributed by atoms with Crippen molar-refractivity contribution in [3.63, 3.8) is 0 Å². The minimum atomic E-state index is 0.0132. The summed E-state index contributed by atoms with van der Waals surface area (Å²) in [6.45, 7) is 6.98. The molecule has 114 valence electrons. The summed E-state index contributed by atoms with van der Waals surface area (Å²) in [5, 5.41) is 5.96. The second-order valence-electron chi connectivity index (χ2n) is 5.66. The van der Waals surface area contributed by atoms with Crippen LogP contribution in [-0.2, 0) is 4.79 Å². The van der Waals surface area contributed by atoms with Gasteiger partial charge in [-0.2, -0.15) is 5.11 Å². The van der Waals surface area contributed by atoms with Gasteiger partial charge in [-0.05, 0) is 52.1 Å². The molecule has 0 aliphatic carbocycles. The lowest BCUT2D eigenvalue weighted by Gasteiger charge is -2.34. The van der Waals surface area contributed by atoms with Crippen LogP contribution in [0.15, 0.2) is 17.0 Å². The standard InChI is InChI=1S/C14H27N5O/c1-11(2)19-7-5-12(6-8-19)3-4-14(20)17-10-13(9-15)18-16/h9,11-12,16H,3-8,10,15H2,1-2H3,(H,17,20)/b13-9-,18-16?. The van der Waals surface area contributed by atoms with Crippen LogP contribution in [0.4, 0.5) is 0 Å². The molecule has 1 aliphatic heterocycles. The summed E-state index contributed by atoms with van der Waals surface area (Å²) < 4.78 is 0. The van der Waals surface area contributed by atoms with Gasteiger partial charge in [-0.15, -0.1) is 0 Å².